The monoisotopic (exact) mass is 333 g/mol. The van der Waals surface area contributed by atoms with Gasteiger partial charge in [-0.1, -0.05) is 11.6 Å². The van der Waals surface area contributed by atoms with Crippen LogP contribution in [0.4, 0.5) is 0 Å². The number of amides is 1. The molecule has 2 rings (SSSR count). The first-order valence-corrected chi connectivity index (χ1v) is 8.47. The fraction of sp³-hybridized carbons (Fsp3) is 0.250. The van der Waals surface area contributed by atoms with Gasteiger partial charge in [-0.2, -0.15) is 0 Å². The summed E-state index contributed by atoms with van der Waals surface area (Å²) >= 11 is 7.38. The Labute approximate surface area is 125 Å². The number of halogens is 1. The van der Waals surface area contributed by atoms with Gasteiger partial charge in [0.15, 0.2) is 5.66 Å². The van der Waals surface area contributed by atoms with E-state index in [4.69, 9.17) is 26.4 Å². The molecule has 0 aliphatic carbocycles. The van der Waals surface area contributed by atoms with Gasteiger partial charge in [0.1, 0.15) is 0 Å². The molecule has 8 heteroatoms. The maximum atomic E-state index is 12.5. The normalized spacial score (nSPS) is 13.6. The minimum absolute atomic E-state index is 0.507. The van der Waals surface area contributed by atoms with Crippen molar-refractivity contribution in [3.05, 3.63) is 34.2 Å². The second kappa shape index (κ2) is 5.84. The molecular weight excluding hydrogens is 321 g/mol. The quantitative estimate of drug-likeness (QED) is 0.848. The van der Waals surface area contributed by atoms with E-state index in [-0.39, 0.29) is 0 Å². The average molecular weight is 334 g/mol. The molecule has 20 heavy (non-hydrogen) atoms. The van der Waals surface area contributed by atoms with Crippen molar-refractivity contribution in [1.82, 2.24) is 0 Å². The molecule has 0 saturated carbocycles. The molecule has 1 atom stereocenters. The van der Waals surface area contributed by atoms with Crippen molar-refractivity contribution in [3.63, 3.8) is 0 Å². The van der Waals surface area contributed by atoms with Gasteiger partial charge in [-0.3, -0.25) is 9.36 Å². The summed E-state index contributed by atoms with van der Waals surface area (Å²) in [5.74, 6) is -0.767. The van der Waals surface area contributed by atoms with Crippen LogP contribution < -0.4 is 5.73 Å². The van der Waals surface area contributed by atoms with Crippen LogP contribution in [0.1, 0.15) is 11.2 Å². The lowest BCUT2D eigenvalue weighted by atomic mass is 10.1. The molecule has 1 aromatic heterocycles. The molecular formula is C12H13ClNO4PS. The van der Waals surface area contributed by atoms with Gasteiger partial charge in [-0.05, 0) is 34.5 Å². The predicted molar refractivity (Wildman–Crippen MR) is 80.4 cm³/mol. The van der Waals surface area contributed by atoms with Gasteiger partial charge in [-0.15, -0.1) is 11.3 Å². The highest BCUT2D eigenvalue weighted by atomic mass is 35.5. The Kier molecular flexibility index (Phi) is 4.52. The first-order valence-electron chi connectivity index (χ1n) is 5.60. The van der Waals surface area contributed by atoms with E-state index in [9.17, 15) is 9.36 Å². The molecule has 108 valence electrons. The lowest BCUT2D eigenvalue weighted by molar-refractivity contribution is -0.118. The van der Waals surface area contributed by atoms with Crippen molar-refractivity contribution < 1.29 is 18.4 Å². The number of carbonyl (C=O) groups is 1. The molecule has 0 fully saturated rings. The molecule has 2 aromatic rings. The Morgan fingerprint density at radius 3 is 2.60 bits per heavy atom. The molecule has 0 saturated heterocycles. The first-order chi connectivity index (χ1) is 9.42. The Hall–Kier alpha value is -0.910. The molecule has 0 spiro atoms. The molecule has 1 heterocycles. The van der Waals surface area contributed by atoms with Crippen molar-refractivity contribution in [2.45, 2.75) is 5.66 Å². The largest absolute Gasteiger partial charge is 0.369 e. The molecule has 0 radical (unpaired) electrons. The van der Waals surface area contributed by atoms with Gasteiger partial charge in [0.05, 0.1) is 0 Å². The minimum atomic E-state index is -3.67. The fourth-order valence-electron chi connectivity index (χ4n) is 2.00. The zero-order valence-corrected chi connectivity index (χ0v) is 13.3. The third-order valence-electron chi connectivity index (χ3n) is 2.95. The number of carbonyl (C=O) groups excluding carboxylic acids is 1. The van der Waals surface area contributed by atoms with E-state index in [2.05, 4.69) is 0 Å². The number of rotatable bonds is 5. The zero-order valence-electron chi connectivity index (χ0n) is 10.8. The SMILES string of the molecule is COP(=O)(OC)C(C(N)=O)c1csc2ccc(Cl)cc12. The molecule has 0 bridgehead atoms. The van der Waals surface area contributed by atoms with E-state index in [1.165, 1.54) is 25.6 Å². The second-order valence-electron chi connectivity index (χ2n) is 4.04. The summed E-state index contributed by atoms with van der Waals surface area (Å²) in [4.78, 5) is 11.8. The number of thiophene rings is 1. The van der Waals surface area contributed by atoms with Crippen LogP contribution in [-0.2, 0) is 18.4 Å². The van der Waals surface area contributed by atoms with E-state index in [0.717, 1.165) is 10.1 Å². The lowest BCUT2D eigenvalue weighted by Gasteiger charge is -2.21. The summed E-state index contributed by atoms with van der Waals surface area (Å²) in [5, 5.41) is 2.96. The number of benzene rings is 1. The van der Waals surface area contributed by atoms with E-state index < -0.39 is 19.2 Å². The predicted octanol–water partition coefficient (Wildman–Crippen LogP) is 3.57. The standard InChI is InChI=1S/C12H13ClNO4PS/c1-17-19(16,18-2)11(12(14)15)9-6-20-10-4-3-7(13)5-8(9)10/h3-6,11H,1-2H3,(H2,14,15). The van der Waals surface area contributed by atoms with E-state index in [1.807, 2.05) is 6.07 Å². The van der Waals surface area contributed by atoms with Crippen LogP contribution in [0.5, 0.6) is 0 Å². The molecule has 5 nitrogen and oxygen atoms in total. The highest BCUT2D eigenvalue weighted by Crippen LogP contribution is 2.61. The average Bonchev–Trinajstić information content (AvgIpc) is 2.81. The highest BCUT2D eigenvalue weighted by Gasteiger charge is 2.41. The van der Waals surface area contributed by atoms with E-state index in [1.54, 1.807) is 17.5 Å². The maximum absolute atomic E-state index is 12.5. The number of hydrogen-bond acceptors (Lipinski definition) is 5. The third kappa shape index (κ3) is 2.62. The van der Waals surface area contributed by atoms with Crippen LogP contribution in [0, 0.1) is 0 Å². The van der Waals surface area contributed by atoms with E-state index >= 15 is 0 Å². The number of primary amides is 1. The molecule has 0 aliphatic heterocycles. The minimum Gasteiger partial charge on any atom is -0.369 e. The van der Waals surface area contributed by atoms with Crippen molar-refractivity contribution in [3.8, 4) is 0 Å². The van der Waals surface area contributed by atoms with Crippen molar-refractivity contribution in [1.29, 1.82) is 0 Å². The van der Waals surface area contributed by atoms with E-state index in [0.29, 0.717) is 10.6 Å². The molecule has 1 aromatic carbocycles. The molecule has 0 aliphatic rings. The molecule has 2 N–H and O–H groups in total. The smallest absolute Gasteiger partial charge is 0.347 e. The lowest BCUT2D eigenvalue weighted by Crippen LogP contribution is -2.22. The van der Waals surface area contributed by atoms with Gasteiger partial charge in [0.25, 0.3) is 0 Å². The summed E-state index contributed by atoms with van der Waals surface area (Å²) in [6, 6.07) is 5.28. The maximum Gasteiger partial charge on any atom is 0.347 e. The van der Waals surface area contributed by atoms with Gasteiger partial charge < -0.3 is 14.8 Å². The number of hydrogen-bond donors (Lipinski definition) is 1. The fourth-order valence-corrected chi connectivity index (χ4v) is 4.67. The van der Waals surface area contributed by atoms with Crippen molar-refractivity contribution in [2.24, 2.45) is 5.73 Å². The van der Waals surface area contributed by atoms with Crippen LogP contribution in [0.25, 0.3) is 10.1 Å². The first kappa shape index (κ1) is 15.5. The Balaban J connectivity index is 2.67. The Bertz CT molecular complexity index is 694. The van der Waals surface area contributed by atoms with Gasteiger partial charge in [0.2, 0.25) is 5.91 Å². The van der Waals surface area contributed by atoms with Crippen LogP contribution in [-0.4, -0.2) is 20.1 Å². The van der Waals surface area contributed by atoms with Crippen molar-refractivity contribution in [2.75, 3.05) is 14.2 Å². The van der Waals surface area contributed by atoms with Gasteiger partial charge in [0, 0.05) is 23.9 Å². The van der Waals surface area contributed by atoms with Crippen LogP contribution in [0.3, 0.4) is 0 Å². The van der Waals surface area contributed by atoms with Crippen LogP contribution in [0.15, 0.2) is 23.6 Å². The van der Waals surface area contributed by atoms with Gasteiger partial charge >= 0.3 is 7.60 Å². The second-order valence-corrected chi connectivity index (χ2v) is 7.72. The third-order valence-corrected chi connectivity index (χ3v) is 6.35. The topological polar surface area (TPSA) is 78.6 Å². The zero-order chi connectivity index (χ0) is 14.9. The molecule has 1 unspecified atom stereocenters. The Morgan fingerprint density at radius 1 is 1.40 bits per heavy atom. The van der Waals surface area contributed by atoms with Crippen LogP contribution >= 0.6 is 30.5 Å². The Morgan fingerprint density at radius 2 is 2.05 bits per heavy atom. The summed E-state index contributed by atoms with van der Waals surface area (Å²) in [6.07, 6.45) is 0. The molecule has 1 amide bonds. The number of nitrogens with two attached hydrogens (primary N) is 1. The van der Waals surface area contributed by atoms with Gasteiger partial charge in [-0.25, -0.2) is 0 Å². The summed E-state index contributed by atoms with van der Waals surface area (Å²) < 4.78 is 23.3. The summed E-state index contributed by atoms with van der Waals surface area (Å²) in [7, 11) is -1.22. The number of fused-ring (bicyclic) bond motifs is 1. The van der Waals surface area contributed by atoms with Crippen molar-refractivity contribution >= 4 is 46.5 Å². The van der Waals surface area contributed by atoms with Crippen LogP contribution in [0.2, 0.25) is 5.02 Å². The highest BCUT2D eigenvalue weighted by molar-refractivity contribution is 7.55. The summed E-state index contributed by atoms with van der Waals surface area (Å²) in [5.41, 5.74) is 4.74. The summed E-state index contributed by atoms with van der Waals surface area (Å²) in [6.45, 7) is 0.